The number of nitrogens with one attached hydrogen (secondary N) is 2. The Kier molecular flexibility index (Phi) is 7.43. The molecule has 1 aliphatic rings. The molecule has 1 fully saturated rings. The topological polar surface area (TPSA) is 87.7 Å². The van der Waals surface area contributed by atoms with Crippen LogP contribution in [-0.2, 0) is 19.1 Å². The highest BCUT2D eigenvalue weighted by Gasteiger charge is 2.33. The van der Waals surface area contributed by atoms with Crippen LogP contribution < -0.4 is 10.6 Å². The number of ether oxygens (including phenoxy) is 1. The molecule has 1 heterocycles. The lowest BCUT2D eigenvalue weighted by atomic mass is 9.98. The minimum absolute atomic E-state index is 0.00793. The summed E-state index contributed by atoms with van der Waals surface area (Å²) in [5.74, 6) is -1.02. The minimum atomic E-state index is -0.734. The Labute approximate surface area is 180 Å². The van der Waals surface area contributed by atoms with Crippen LogP contribution in [-0.4, -0.2) is 55.5 Å². The highest BCUT2D eigenvalue weighted by molar-refractivity contribution is 6.30. The van der Waals surface area contributed by atoms with Gasteiger partial charge in [0.25, 0.3) is 0 Å². The van der Waals surface area contributed by atoms with E-state index in [1.54, 1.807) is 17.0 Å². The fourth-order valence-corrected chi connectivity index (χ4v) is 3.59. The lowest BCUT2D eigenvalue weighted by molar-refractivity contribution is -0.146. The molecule has 0 aromatic heterocycles. The van der Waals surface area contributed by atoms with Crippen molar-refractivity contribution < 1.29 is 19.1 Å². The van der Waals surface area contributed by atoms with E-state index < -0.39 is 12.0 Å². The Morgan fingerprint density at radius 2 is 1.83 bits per heavy atom. The Morgan fingerprint density at radius 1 is 1.17 bits per heavy atom. The second-order valence-corrected chi connectivity index (χ2v) is 7.46. The lowest BCUT2D eigenvalue weighted by Gasteiger charge is -2.34. The van der Waals surface area contributed by atoms with E-state index in [-0.39, 0.29) is 30.8 Å². The van der Waals surface area contributed by atoms with E-state index in [4.69, 9.17) is 11.6 Å². The average molecular weight is 430 g/mol. The maximum Gasteiger partial charge on any atom is 0.307 e. The van der Waals surface area contributed by atoms with Gasteiger partial charge in [-0.3, -0.25) is 19.3 Å². The zero-order chi connectivity index (χ0) is 21.5. The molecule has 0 saturated carbocycles. The van der Waals surface area contributed by atoms with E-state index in [9.17, 15) is 14.4 Å². The molecule has 2 amide bonds. The number of piperazine rings is 1. The van der Waals surface area contributed by atoms with Crippen LogP contribution in [0.25, 0.3) is 0 Å². The molecule has 0 radical (unpaired) electrons. The molecule has 0 spiro atoms. The zero-order valence-electron chi connectivity index (χ0n) is 16.6. The fourth-order valence-electron chi connectivity index (χ4n) is 3.47. The number of hydrogen-bond acceptors (Lipinski definition) is 5. The largest absolute Gasteiger partial charge is 0.469 e. The Bertz CT molecular complexity index is 889. The van der Waals surface area contributed by atoms with Crippen molar-refractivity contribution >= 4 is 29.4 Å². The number of esters is 1. The van der Waals surface area contributed by atoms with E-state index in [1.165, 1.54) is 7.11 Å². The maximum atomic E-state index is 12.9. The number of benzene rings is 2. The third-order valence-electron chi connectivity index (χ3n) is 5.02. The normalized spacial score (nSPS) is 17.7. The molecule has 1 saturated heterocycles. The summed E-state index contributed by atoms with van der Waals surface area (Å²) in [6.45, 7) is 0.882. The number of methoxy groups -OCH3 is 1. The minimum Gasteiger partial charge on any atom is -0.469 e. The number of hydrogen-bond donors (Lipinski definition) is 2. The molecule has 1 aliphatic heterocycles. The number of nitrogens with zero attached hydrogens (tertiary/aromatic N) is 1. The van der Waals surface area contributed by atoms with Crippen molar-refractivity contribution in [2.24, 2.45) is 0 Å². The van der Waals surface area contributed by atoms with Crippen LogP contribution in [0.4, 0.5) is 0 Å². The van der Waals surface area contributed by atoms with Crippen LogP contribution in [0.5, 0.6) is 0 Å². The fraction of sp³-hybridized carbons (Fsp3) is 0.318. The molecular weight excluding hydrogens is 406 g/mol. The highest BCUT2D eigenvalue weighted by atomic mass is 35.5. The summed E-state index contributed by atoms with van der Waals surface area (Å²) in [6.07, 6.45) is -0.102. The summed E-state index contributed by atoms with van der Waals surface area (Å²) in [5, 5.41) is 6.39. The predicted molar refractivity (Wildman–Crippen MR) is 113 cm³/mol. The molecule has 3 rings (SSSR count). The van der Waals surface area contributed by atoms with Crippen LogP contribution in [0.1, 0.15) is 23.6 Å². The standard InChI is InChI=1S/C22H24ClN3O4/c1-30-20(28)13-18-22(29)24-11-12-26(18)14-19(27)25-21(15-5-3-2-4-6-15)16-7-9-17(23)10-8-16/h2-10,18,21H,11-14H2,1H3,(H,24,29)(H,25,27). The van der Waals surface area contributed by atoms with Gasteiger partial charge >= 0.3 is 5.97 Å². The SMILES string of the molecule is COC(=O)CC1C(=O)NCCN1CC(=O)NC(c1ccccc1)c1ccc(Cl)cc1. The van der Waals surface area contributed by atoms with Gasteiger partial charge in [0.05, 0.1) is 26.1 Å². The molecule has 0 bridgehead atoms. The highest BCUT2D eigenvalue weighted by Crippen LogP contribution is 2.23. The van der Waals surface area contributed by atoms with Gasteiger partial charge in [-0.15, -0.1) is 0 Å². The van der Waals surface area contributed by atoms with Crippen molar-refractivity contribution in [2.45, 2.75) is 18.5 Å². The van der Waals surface area contributed by atoms with Crippen molar-refractivity contribution in [1.82, 2.24) is 15.5 Å². The van der Waals surface area contributed by atoms with Crippen molar-refractivity contribution in [1.29, 1.82) is 0 Å². The number of halogens is 1. The van der Waals surface area contributed by atoms with Crippen molar-refractivity contribution in [3.05, 3.63) is 70.7 Å². The Balaban J connectivity index is 1.75. The van der Waals surface area contributed by atoms with Crippen LogP contribution in [0.15, 0.2) is 54.6 Å². The zero-order valence-corrected chi connectivity index (χ0v) is 17.4. The molecule has 0 aliphatic carbocycles. The summed E-state index contributed by atoms with van der Waals surface area (Å²) in [7, 11) is 1.27. The molecule has 2 atom stereocenters. The van der Waals surface area contributed by atoms with E-state index >= 15 is 0 Å². The van der Waals surface area contributed by atoms with E-state index in [1.807, 2.05) is 42.5 Å². The van der Waals surface area contributed by atoms with E-state index in [2.05, 4.69) is 15.4 Å². The first kappa shape index (κ1) is 21.8. The second kappa shape index (κ2) is 10.2. The Morgan fingerprint density at radius 3 is 2.50 bits per heavy atom. The van der Waals surface area contributed by atoms with Crippen molar-refractivity contribution in [3.63, 3.8) is 0 Å². The predicted octanol–water partition coefficient (Wildman–Crippen LogP) is 1.91. The first-order valence-electron chi connectivity index (χ1n) is 9.66. The van der Waals surface area contributed by atoms with E-state index in [0.717, 1.165) is 11.1 Å². The van der Waals surface area contributed by atoms with Gasteiger partial charge in [-0.25, -0.2) is 0 Å². The van der Waals surface area contributed by atoms with Crippen LogP contribution in [0.3, 0.4) is 0 Å². The summed E-state index contributed by atoms with van der Waals surface area (Å²) < 4.78 is 4.69. The summed E-state index contributed by atoms with van der Waals surface area (Å²) in [4.78, 5) is 38.5. The molecule has 158 valence electrons. The first-order chi connectivity index (χ1) is 14.5. The summed E-state index contributed by atoms with van der Waals surface area (Å²) in [5.41, 5.74) is 1.82. The number of amides is 2. The van der Waals surface area contributed by atoms with Crippen molar-refractivity contribution in [3.8, 4) is 0 Å². The van der Waals surface area contributed by atoms with Gasteiger partial charge in [-0.2, -0.15) is 0 Å². The van der Waals surface area contributed by atoms with Crippen LogP contribution in [0, 0.1) is 0 Å². The van der Waals surface area contributed by atoms with Gasteiger partial charge in [0.1, 0.15) is 6.04 Å². The molecule has 2 aromatic rings. The van der Waals surface area contributed by atoms with Gasteiger partial charge in [0, 0.05) is 18.1 Å². The average Bonchev–Trinajstić information content (AvgIpc) is 2.75. The lowest BCUT2D eigenvalue weighted by Crippen LogP contribution is -2.58. The quantitative estimate of drug-likeness (QED) is 0.656. The van der Waals surface area contributed by atoms with E-state index in [0.29, 0.717) is 18.1 Å². The summed E-state index contributed by atoms with van der Waals surface area (Å²) >= 11 is 6.01. The molecule has 2 unspecified atom stereocenters. The number of carbonyl (C=O) groups is 3. The van der Waals surface area contributed by atoms with Gasteiger partial charge in [-0.05, 0) is 23.3 Å². The Hall–Kier alpha value is -2.90. The number of rotatable bonds is 7. The third-order valence-corrected chi connectivity index (χ3v) is 5.27. The van der Waals surface area contributed by atoms with Gasteiger partial charge < -0.3 is 15.4 Å². The van der Waals surface area contributed by atoms with Gasteiger partial charge in [-0.1, -0.05) is 54.1 Å². The molecule has 30 heavy (non-hydrogen) atoms. The molecule has 2 N–H and O–H groups in total. The maximum absolute atomic E-state index is 12.9. The first-order valence-corrected chi connectivity index (χ1v) is 10.0. The third kappa shape index (κ3) is 5.58. The van der Waals surface area contributed by atoms with Gasteiger partial charge in [0.15, 0.2) is 0 Å². The molecule has 2 aromatic carbocycles. The van der Waals surface area contributed by atoms with Gasteiger partial charge in [0.2, 0.25) is 11.8 Å². The molecule has 8 heteroatoms. The van der Waals surface area contributed by atoms with Crippen LogP contribution in [0.2, 0.25) is 5.02 Å². The molecular formula is C22H24ClN3O4. The second-order valence-electron chi connectivity index (χ2n) is 7.02. The summed E-state index contributed by atoms with van der Waals surface area (Å²) in [6, 6.07) is 15.8. The monoisotopic (exact) mass is 429 g/mol. The van der Waals surface area contributed by atoms with Crippen LogP contribution >= 0.6 is 11.6 Å². The van der Waals surface area contributed by atoms with Crippen molar-refractivity contribution in [2.75, 3.05) is 26.7 Å². The molecule has 7 nitrogen and oxygen atoms in total. The smallest absolute Gasteiger partial charge is 0.307 e. The number of carbonyl (C=O) groups excluding carboxylic acids is 3.